The first-order valence-electron chi connectivity index (χ1n) is 7.56. The molecule has 110 valence electrons. The molecule has 1 fully saturated rings. The van der Waals surface area contributed by atoms with E-state index in [9.17, 15) is 0 Å². The van der Waals surface area contributed by atoms with Crippen LogP contribution < -0.4 is 14.8 Å². The van der Waals surface area contributed by atoms with E-state index in [1.54, 1.807) is 11.8 Å². The Kier molecular flexibility index (Phi) is 4.73. The van der Waals surface area contributed by atoms with Crippen LogP contribution in [0.1, 0.15) is 37.7 Å². The average molecular weight is 293 g/mol. The van der Waals surface area contributed by atoms with Gasteiger partial charge in [-0.25, -0.2) is 0 Å². The molecule has 1 N–H and O–H groups in total. The number of thioether (sulfide) groups is 1. The minimum absolute atomic E-state index is 0.653. The maximum Gasteiger partial charge on any atom is 0.162 e. The Morgan fingerprint density at radius 3 is 2.50 bits per heavy atom. The van der Waals surface area contributed by atoms with Gasteiger partial charge in [-0.3, -0.25) is 0 Å². The fourth-order valence-electron chi connectivity index (χ4n) is 3.00. The first-order chi connectivity index (χ1) is 9.86. The van der Waals surface area contributed by atoms with E-state index in [0.717, 1.165) is 18.0 Å². The van der Waals surface area contributed by atoms with Crippen LogP contribution in [0.15, 0.2) is 17.0 Å². The van der Waals surface area contributed by atoms with Crippen molar-refractivity contribution < 1.29 is 9.47 Å². The first-order valence-corrected chi connectivity index (χ1v) is 8.79. The lowest BCUT2D eigenvalue weighted by Gasteiger charge is -2.24. The van der Waals surface area contributed by atoms with E-state index < -0.39 is 0 Å². The van der Waals surface area contributed by atoms with Crippen LogP contribution in [-0.2, 0) is 6.54 Å². The Labute approximate surface area is 125 Å². The van der Waals surface area contributed by atoms with Crippen molar-refractivity contribution >= 4 is 11.8 Å². The molecular weight excluding hydrogens is 270 g/mol. The second kappa shape index (κ2) is 6.72. The zero-order chi connectivity index (χ0) is 13.8. The smallest absolute Gasteiger partial charge is 0.162 e. The lowest BCUT2D eigenvalue weighted by atomic mass is 9.95. The van der Waals surface area contributed by atoms with Crippen molar-refractivity contribution in [1.82, 2.24) is 5.32 Å². The molecule has 1 aromatic carbocycles. The van der Waals surface area contributed by atoms with Gasteiger partial charge >= 0.3 is 0 Å². The Bertz CT molecular complexity index is 458. The van der Waals surface area contributed by atoms with E-state index in [-0.39, 0.29) is 0 Å². The van der Waals surface area contributed by atoms with Crippen molar-refractivity contribution in [1.29, 1.82) is 0 Å². The molecule has 0 atom stereocenters. The number of rotatable bonds is 4. The van der Waals surface area contributed by atoms with Crippen LogP contribution in [0, 0.1) is 0 Å². The maximum absolute atomic E-state index is 5.69. The largest absolute Gasteiger partial charge is 0.486 e. The van der Waals surface area contributed by atoms with E-state index in [4.69, 9.17) is 9.47 Å². The van der Waals surface area contributed by atoms with Gasteiger partial charge in [-0.15, -0.1) is 11.8 Å². The fraction of sp³-hybridized carbons (Fsp3) is 0.625. The van der Waals surface area contributed by atoms with Crippen LogP contribution >= 0.6 is 11.8 Å². The molecule has 1 aliphatic heterocycles. The Morgan fingerprint density at radius 2 is 1.80 bits per heavy atom. The summed E-state index contributed by atoms with van der Waals surface area (Å²) in [5, 5.41) is 3.71. The van der Waals surface area contributed by atoms with Crippen LogP contribution in [-0.4, -0.2) is 25.5 Å². The van der Waals surface area contributed by atoms with Crippen LogP contribution in [0.25, 0.3) is 0 Å². The number of fused-ring (bicyclic) bond motifs is 1. The van der Waals surface area contributed by atoms with Gasteiger partial charge in [0.2, 0.25) is 0 Å². The number of benzene rings is 1. The number of ether oxygens (including phenoxy) is 2. The summed E-state index contributed by atoms with van der Waals surface area (Å²) in [7, 11) is 0. The molecular formula is C16H23NO2S. The van der Waals surface area contributed by atoms with Gasteiger partial charge in [0.1, 0.15) is 13.2 Å². The van der Waals surface area contributed by atoms with E-state index in [1.807, 2.05) is 0 Å². The average Bonchev–Trinajstić information content (AvgIpc) is 2.53. The number of hydrogen-bond donors (Lipinski definition) is 1. The molecule has 1 saturated carbocycles. The van der Waals surface area contributed by atoms with Gasteiger partial charge in [-0.1, -0.05) is 19.3 Å². The first kappa shape index (κ1) is 14.1. The Balaban J connectivity index is 1.70. The number of hydrogen-bond acceptors (Lipinski definition) is 4. The van der Waals surface area contributed by atoms with E-state index in [2.05, 4.69) is 23.7 Å². The molecule has 4 heteroatoms. The molecule has 0 unspecified atom stereocenters. The highest BCUT2D eigenvalue weighted by Gasteiger charge is 2.17. The van der Waals surface area contributed by atoms with Crippen LogP contribution in [0.5, 0.6) is 11.5 Å². The molecule has 0 saturated heterocycles. The summed E-state index contributed by atoms with van der Waals surface area (Å²) < 4.78 is 11.4. The van der Waals surface area contributed by atoms with Crippen molar-refractivity contribution in [3.63, 3.8) is 0 Å². The number of nitrogens with one attached hydrogen (secondary N) is 1. The molecule has 1 heterocycles. The molecule has 1 aromatic rings. The summed E-state index contributed by atoms with van der Waals surface area (Å²) in [5.41, 5.74) is 1.33. The minimum Gasteiger partial charge on any atom is -0.486 e. The monoisotopic (exact) mass is 293 g/mol. The predicted octanol–water partition coefficient (Wildman–Crippen LogP) is 3.60. The molecule has 0 radical (unpaired) electrons. The van der Waals surface area contributed by atoms with Crippen LogP contribution in [0.3, 0.4) is 0 Å². The van der Waals surface area contributed by atoms with Crippen molar-refractivity contribution in [2.45, 2.75) is 49.6 Å². The second-order valence-corrected chi connectivity index (χ2v) is 6.37. The van der Waals surface area contributed by atoms with Crippen molar-refractivity contribution in [2.75, 3.05) is 19.5 Å². The Hall–Kier alpha value is -0.870. The molecule has 0 bridgehead atoms. The summed E-state index contributed by atoms with van der Waals surface area (Å²) in [5.74, 6) is 1.79. The molecule has 1 aliphatic carbocycles. The highest BCUT2D eigenvalue weighted by molar-refractivity contribution is 7.98. The third-order valence-corrected chi connectivity index (χ3v) is 4.95. The van der Waals surface area contributed by atoms with Gasteiger partial charge in [-0.2, -0.15) is 0 Å². The molecule has 2 aliphatic rings. The van der Waals surface area contributed by atoms with Crippen molar-refractivity contribution in [3.05, 3.63) is 17.7 Å². The molecule has 20 heavy (non-hydrogen) atoms. The second-order valence-electron chi connectivity index (χ2n) is 5.52. The fourth-order valence-corrected chi connectivity index (χ4v) is 3.62. The van der Waals surface area contributed by atoms with Gasteiger partial charge in [0.25, 0.3) is 0 Å². The van der Waals surface area contributed by atoms with E-state index in [1.165, 1.54) is 42.6 Å². The molecule has 3 nitrogen and oxygen atoms in total. The molecule has 3 rings (SSSR count). The van der Waals surface area contributed by atoms with Crippen molar-refractivity contribution in [2.24, 2.45) is 0 Å². The van der Waals surface area contributed by atoms with E-state index >= 15 is 0 Å². The quantitative estimate of drug-likeness (QED) is 0.859. The summed E-state index contributed by atoms with van der Waals surface area (Å²) in [6, 6.07) is 4.96. The predicted molar refractivity (Wildman–Crippen MR) is 82.9 cm³/mol. The third-order valence-electron chi connectivity index (χ3n) is 4.13. The zero-order valence-electron chi connectivity index (χ0n) is 12.1. The molecule has 0 aromatic heterocycles. The Morgan fingerprint density at radius 1 is 1.10 bits per heavy atom. The van der Waals surface area contributed by atoms with Crippen LogP contribution in [0.2, 0.25) is 0 Å². The molecule has 0 amide bonds. The summed E-state index contributed by atoms with van der Waals surface area (Å²) in [6.07, 6.45) is 8.90. The summed E-state index contributed by atoms with van der Waals surface area (Å²) in [4.78, 5) is 1.29. The van der Waals surface area contributed by atoms with Crippen LogP contribution in [0.4, 0.5) is 0 Å². The minimum atomic E-state index is 0.653. The third kappa shape index (κ3) is 3.23. The lowest BCUT2D eigenvalue weighted by Crippen LogP contribution is -2.30. The van der Waals surface area contributed by atoms with Gasteiger partial charge in [0.05, 0.1) is 0 Å². The molecule has 0 spiro atoms. The zero-order valence-corrected chi connectivity index (χ0v) is 12.9. The van der Waals surface area contributed by atoms with Gasteiger partial charge < -0.3 is 14.8 Å². The summed E-state index contributed by atoms with van der Waals surface area (Å²) >= 11 is 1.78. The maximum atomic E-state index is 5.69. The van der Waals surface area contributed by atoms with E-state index in [0.29, 0.717) is 19.3 Å². The van der Waals surface area contributed by atoms with Gasteiger partial charge in [0, 0.05) is 17.5 Å². The SMILES string of the molecule is CSc1cc2c(cc1CNC1CCCCC1)OCCO2. The summed E-state index contributed by atoms with van der Waals surface area (Å²) in [6.45, 7) is 2.24. The highest BCUT2D eigenvalue weighted by atomic mass is 32.2. The topological polar surface area (TPSA) is 30.5 Å². The van der Waals surface area contributed by atoms with Gasteiger partial charge in [0.15, 0.2) is 11.5 Å². The van der Waals surface area contributed by atoms with Gasteiger partial charge in [-0.05, 0) is 36.8 Å². The lowest BCUT2D eigenvalue weighted by molar-refractivity contribution is 0.171. The highest BCUT2D eigenvalue weighted by Crippen LogP contribution is 2.36. The standard InChI is InChI=1S/C16H23NO2S/c1-20-16-10-15-14(18-7-8-19-15)9-12(16)11-17-13-5-3-2-4-6-13/h9-10,13,17H,2-8,11H2,1H3. The van der Waals surface area contributed by atoms with Crippen molar-refractivity contribution in [3.8, 4) is 11.5 Å². The normalized spacial score (nSPS) is 19.1.